The molecule has 1 amide bonds. The summed E-state index contributed by atoms with van der Waals surface area (Å²) in [4.78, 5) is 21.2. The van der Waals surface area contributed by atoms with E-state index in [1.54, 1.807) is 6.07 Å². The molecule has 1 aromatic heterocycles. The van der Waals surface area contributed by atoms with Gasteiger partial charge in [-0.1, -0.05) is 25.1 Å². The highest BCUT2D eigenvalue weighted by Gasteiger charge is 2.22. The normalized spacial score (nSPS) is 16.3. The Morgan fingerprint density at radius 3 is 2.67 bits per heavy atom. The molecule has 1 fully saturated rings. The number of hydrogen-bond donors (Lipinski definition) is 1. The maximum Gasteiger partial charge on any atom is 0.272 e. The van der Waals surface area contributed by atoms with Crippen LogP contribution in [-0.4, -0.2) is 53.4 Å². The SMILES string of the molecule is CCN1CCN(C(=O)c2cc(N)c3ccccc3n2)CC1. The van der Waals surface area contributed by atoms with E-state index in [0.717, 1.165) is 43.6 Å². The van der Waals surface area contributed by atoms with E-state index in [2.05, 4.69) is 16.8 Å². The molecule has 3 rings (SSSR count). The quantitative estimate of drug-likeness (QED) is 0.910. The highest BCUT2D eigenvalue weighted by molar-refractivity contribution is 5.99. The number of nitrogens with two attached hydrogens (primary N) is 1. The number of aromatic nitrogens is 1. The van der Waals surface area contributed by atoms with Crippen molar-refractivity contribution in [1.29, 1.82) is 0 Å². The van der Waals surface area contributed by atoms with Crippen LogP contribution in [0.5, 0.6) is 0 Å². The van der Waals surface area contributed by atoms with Crippen LogP contribution in [-0.2, 0) is 0 Å². The Morgan fingerprint density at radius 2 is 1.95 bits per heavy atom. The fraction of sp³-hybridized carbons (Fsp3) is 0.375. The van der Waals surface area contributed by atoms with Crippen LogP contribution in [0.25, 0.3) is 10.9 Å². The Balaban J connectivity index is 1.85. The van der Waals surface area contributed by atoms with Crippen LogP contribution < -0.4 is 5.73 Å². The zero-order chi connectivity index (χ0) is 14.8. The number of para-hydroxylation sites is 1. The van der Waals surface area contributed by atoms with Gasteiger partial charge in [0.1, 0.15) is 5.69 Å². The van der Waals surface area contributed by atoms with Gasteiger partial charge < -0.3 is 15.5 Å². The molecule has 2 N–H and O–H groups in total. The number of amides is 1. The van der Waals surface area contributed by atoms with Crippen LogP contribution in [0.15, 0.2) is 30.3 Å². The lowest BCUT2D eigenvalue weighted by Crippen LogP contribution is -2.48. The first-order valence-electron chi connectivity index (χ1n) is 7.36. The number of rotatable bonds is 2. The van der Waals surface area contributed by atoms with Gasteiger partial charge in [0.15, 0.2) is 0 Å². The van der Waals surface area contributed by atoms with Crippen LogP contribution in [0.3, 0.4) is 0 Å². The van der Waals surface area contributed by atoms with Crippen LogP contribution >= 0.6 is 0 Å². The summed E-state index contributed by atoms with van der Waals surface area (Å²) in [5.74, 6) is -0.0248. The zero-order valence-corrected chi connectivity index (χ0v) is 12.2. The standard InChI is InChI=1S/C16H20N4O/c1-2-19-7-9-20(10-8-19)16(21)15-11-13(17)12-5-3-4-6-14(12)18-15/h3-6,11H,2,7-10H2,1H3,(H2,17,18). The van der Waals surface area contributed by atoms with Gasteiger partial charge in [0.25, 0.3) is 5.91 Å². The molecule has 0 radical (unpaired) electrons. The van der Waals surface area contributed by atoms with Crippen molar-refractivity contribution in [3.05, 3.63) is 36.0 Å². The fourth-order valence-electron chi connectivity index (χ4n) is 2.74. The molecule has 1 aromatic carbocycles. The Kier molecular flexibility index (Phi) is 3.75. The summed E-state index contributed by atoms with van der Waals surface area (Å²) in [6.07, 6.45) is 0. The summed E-state index contributed by atoms with van der Waals surface area (Å²) in [7, 11) is 0. The second kappa shape index (κ2) is 5.69. The van der Waals surface area contributed by atoms with E-state index in [4.69, 9.17) is 5.73 Å². The third kappa shape index (κ3) is 2.69. The van der Waals surface area contributed by atoms with Gasteiger partial charge in [-0.25, -0.2) is 4.98 Å². The molecule has 110 valence electrons. The summed E-state index contributed by atoms with van der Waals surface area (Å²) in [6, 6.07) is 9.33. The average molecular weight is 284 g/mol. The van der Waals surface area contributed by atoms with Gasteiger partial charge in [0.2, 0.25) is 0 Å². The van der Waals surface area contributed by atoms with E-state index in [9.17, 15) is 4.79 Å². The molecule has 1 aliphatic rings. The van der Waals surface area contributed by atoms with Crippen molar-refractivity contribution >= 4 is 22.5 Å². The smallest absolute Gasteiger partial charge is 0.272 e. The van der Waals surface area contributed by atoms with Crippen molar-refractivity contribution < 1.29 is 4.79 Å². The van der Waals surface area contributed by atoms with Crippen molar-refractivity contribution in [3.63, 3.8) is 0 Å². The lowest BCUT2D eigenvalue weighted by atomic mass is 10.1. The Labute approximate surface area is 124 Å². The molecular formula is C16H20N4O. The van der Waals surface area contributed by atoms with Crippen molar-refractivity contribution in [3.8, 4) is 0 Å². The first-order valence-corrected chi connectivity index (χ1v) is 7.36. The van der Waals surface area contributed by atoms with Crippen LogP contribution in [0.2, 0.25) is 0 Å². The molecule has 1 saturated heterocycles. The van der Waals surface area contributed by atoms with Crippen LogP contribution in [0.1, 0.15) is 17.4 Å². The molecular weight excluding hydrogens is 264 g/mol. The number of hydrogen-bond acceptors (Lipinski definition) is 4. The molecule has 5 nitrogen and oxygen atoms in total. The number of nitrogen functional groups attached to an aromatic ring is 1. The lowest BCUT2D eigenvalue weighted by Gasteiger charge is -2.33. The van der Waals surface area contributed by atoms with Gasteiger partial charge in [-0.2, -0.15) is 0 Å². The summed E-state index contributed by atoms with van der Waals surface area (Å²) < 4.78 is 0. The number of benzene rings is 1. The molecule has 0 aliphatic carbocycles. The number of fused-ring (bicyclic) bond motifs is 1. The van der Waals surface area contributed by atoms with E-state index in [1.807, 2.05) is 29.2 Å². The van der Waals surface area contributed by atoms with E-state index >= 15 is 0 Å². The van der Waals surface area contributed by atoms with E-state index < -0.39 is 0 Å². The topological polar surface area (TPSA) is 62.5 Å². The van der Waals surface area contributed by atoms with Gasteiger partial charge >= 0.3 is 0 Å². The van der Waals surface area contributed by atoms with Gasteiger partial charge in [-0.15, -0.1) is 0 Å². The Morgan fingerprint density at radius 1 is 1.24 bits per heavy atom. The van der Waals surface area contributed by atoms with Gasteiger partial charge in [0.05, 0.1) is 5.52 Å². The Hall–Kier alpha value is -2.14. The van der Waals surface area contributed by atoms with Crippen molar-refractivity contribution in [2.75, 3.05) is 38.5 Å². The van der Waals surface area contributed by atoms with Crippen molar-refractivity contribution in [2.45, 2.75) is 6.92 Å². The maximum atomic E-state index is 12.6. The lowest BCUT2D eigenvalue weighted by molar-refractivity contribution is 0.0638. The largest absolute Gasteiger partial charge is 0.398 e. The maximum absolute atomic E-state index is 12.6. The van der Waals surface area contributed by atoms with E-state index in [0.29, 0.717) is 11.4 Å². The summed E-state index contributed by atoms with van der Waals surface area (Å²) in [5, 5.41) is 0.893. The molecule has 0 unspecified atom stereocenters. The molecule has 2 heterocycles. The number of anilines is 1. The number of nitrogens with zero attached hydrogens (tertiary/aromatic N) is 3. The van der Waals surface area contributed by atoms with E-state index in [-0.39, 0.29) is 5.91 Å². The summed E-state index contributed by atoms with van der Waals surface area (Å²) in [6.45, 7) is 6.52. The zero-order valence-electron chi connectivity index (χ0n) is 12.2. The summed E-state index contributed by atoms with van der Waals surface area (Å²) >= 11 is 0. The molecule has 0 spiro atoms. The number of likely N-dealkylation sites (N-methyl/N-ethyl adjacent to an activating group) is 1. The second-order valence-electron chi connectivity index (χ2n) is 5.34. The van der Waals surface area contributed by atoms with Crippen LogP contribution in [0, 0.1) is 0 Å². The molecule has 0 saturated carbocycles. The minimum Gasteiger partial charge on any atom is -0.398 e. The van der Waals surface area contributed by atoms with Crippen molar-refractivity contribution in [2.24, 2.45) is 0 Å². The highest BCUT2D eigenvalue weighted by atomic mass is 16.2. The predicted octanol–water partition coefficient (Wildman–Crippen LogP) is 1.59. The number of carbonyl (C=O) groups excluding carboxylic acids is 1. The summed E-state index contributed by atoms with van der Waals surface area (Å²) in [5.41, 5.74) is 7.87. The fourth-order valence-corrected chi connectivity index (χ4v) is 2.74. The first-order chi connectivity index (χ1) is 10.2. The monoisotopic (exact) mass is 284 g/mol. The Bertz CT molecular complexity index is 662. The minimum absolute atomic E-state index is 0.0248. The first kappa shape index (κ1) is 13.8. The molecule has 21 heavy (non-hydrogen) atoms. The highest BCUT2D eigenvalue weighted by Crippen LogP contribution is 2.21. The molecule has 5 heteroatoms. The molecule has 0 atom stereocenters. The predicted molar refractivity (Wildman–Crippen MR) is 84.2 cm³/mol. The average Bonchev–Trinajstić information content (AvgIpc) is 2.54. The van der Waals surface area contributed by atoms with Gasteiger partial charge in [-0.3, -0.25) is 4.79 Å². The van der Waals surface area contributed by atoms with Crippen LogP contribution in [0.4, 0.5) is 5.69 Å². The van der Waals surface area contributed by atoms with Crippen molar-refractivity contribution in [1.82, 2.24) is 14.8 Å². The third-order valence-corrected chi connectivity index (χ3v) is 4.07. The minimum atomic E-state index is -0.0248. The number of carbonyl (C=O) groups is 1. The molecule has 2 aromatic rings. The van der Waals surface area contributed by atoms with Gasteiger partial charge in [0, 0.05) is 37.3 Å². The number of piperazine rings is 1. The molecule has 0 bridgehead atoms. The number of pyridine rings is 1. The van der Waals surface area contributed by atoms with E-state index in [1.165, 1.54) is 0 Å². The third-order valence-electron chi connectivity index (χ3n) is 4.07. The second-order valence-corrected chi connectivity index (χ2v) is 5.34. The van der Waals surface area contributed by atoms with Gasteiger partial charge in [-0.05, 0) is 18.7 Å². The molecule has 1 aliphatic heterocycles.